The highest BCUT2D eigenvalue weighted by Crippen LogP contribution is 2.05. The largest absolute Gasteiger partial charge is 0.350 e. The molecule has 0 saturated carbocycles. The zero-order valence-electron chi connectivity index (χ0n) is 9.83. The standard InChI is InChI=1S/C12H17FN2O/c1-9(15(2)3)8-14-12(16)10-6-4-5-7-11(10)13/h4-7,9H,8H2,1-3H3,(H,14,16). The number of hydrogen-bond donors (Lipinski definition) is 1. The number of nitrogens with one attached hydrogen (secondary N) is 1. The van der Waals surface area contributed by atoms with E-state index in [0.717, 1.165) is 0 Å². The van der Waals surface area contributed by atoms with Gasteiger partial charge in [-0.2, -0.15) is 0 Å². The minimum absolute atomic E-state index is 0.0912. The van der Waals surface area contributed by atoms with E-state index in [4.69, 9.17) is 0 Å². The molecule has 0 fully saturated rings. The Morgan fingerprint density at radius 3 is 2.62 bits per heavy atom. The summed E-state index contributed by atoms with van der Waals surface area (Å²) >= 11 is 0. The Bertz CT molecular complexity index is 366. The molecule has 0 radical (unpaired) electrons. The van der Waals surface area contributed by atoms with Crippen molar-refractivity contribution in [3.8, 4) is 0 Å². The van der Waals surface area contributed by atoms with E-state index in [1.54, 1.807) is 12.1 Å². The van der Waals surface area contributed by atoms with Gasteiger partial charge in [-0.3, -0.25) is 4.79 Å². The summed E-state index contributed by atoms with van der Waals surface area (Å²) in [5, 5.41) is 2.70. The summed E-state index contributed by atoms with van der Waals surface area (Å²) in [6, 6.07) is 6.19. The van der Waals surface area contributed by atoms with Crippen LogP contribution in [0.3, 0.4) is 0 Å². The summed E-state index contributed by atoms with van der Waals surface area (Å²) in [7, 11) is 3.86. The maximum absolute atomic E-state index is 13.3. The molecule has 1 N–H and O–H groups in total. The molecule has 16 heavy (non-hydrogen) atoms. The van der Waals surface area contributed by atoms with E-state index in [9.17, 15) is 9.18 Å². The molecule has 4 heteroatoms. The van der Waals surface area contributed by atoms with Crippen molar-refractivity contribution in [3.05, 3.63) is 35.6 Å². The molecule has 1 rings (SSSR count). The topological polar surface area (TPSA) is 32.3 Å². The molecule has 0 bridgehead atoms. The van der Waals surface area contributed by atoms with Crippen LogP contribution in [0.4, 0.5) is 4.39 Å². The second-order valence-corrected chi connectivity index (χ2v) is 4.00. The zero-order chi connectivity index (χ0) is 12.1. The van der Waals surface area contributed by atoms with E-state index < -0.39 is 5.82 Å². The normalized spacial score (nSPS) is 12.6. The van der Waals surface area contributed by atoms with E-state index in [2.05, 4.69) is 5.32 Å². The maximum Gasteiger partial charge on any atom is 0.254 e. The van der Waals surface area contributed by atoms with Crippen LogP contribution in [0.2, 0.25) is 0 Å². The number of amides is 1. The van der Waals surface area contributed by atoms with Gasteiger partial charge in [-0.25, -0.2) is 4.39 Å². The number of hydrogen-bond acceptors (Lipinski definition) is 2. The van der Waals surface area contributed by atoms with Gasteiger partial charge in [-0.1, -0.05) is 12.1 Å². The fraction of sp³-hybridized carbons (Fsp3) is 0.417. The van der Waals surface area contributed by atoms with Crippen molar-refractivity contribution in [1.29, 1.82) is 0 Å². The van der Waals surface area contributed by atoms with Gasteiger partial charge >= 0.3 is 0 Å². The first-order chi connectivity index (χ1) is 7.52. The van der Waals surface area contributed by atoms with Gasteiger partial charge in [0.25, 0.3) is 5.91 Å². The third kappa shape index (κ3) is 3.31. The van der Waals surface area contributed by atoms with Crippen LogP contribution < -0.4 is 5.32 Å². The molecule has 0 aromatic heterocycles. The average molecular weight is 224 g/mol. The highest BCUT2D eigenvalue weighted by Gasteiger charge is 2.12. The molecule has 0 saturated heterocycles. The fourth-order valence-electron chi connectivity index (χ4n) is 1.16. The second kappa shape index (κ2) is 5.61. The summed E-state index contributed by atoms with van der Waals surface area (Å²) in [4.78, 5) is 13.6. The van der Waals surface area contributed by atoms with Gasteiger partial charge in [-0.15, -0.1) is 0 Å². The Hall–Kier alpha value is -1.42. The van der Waals surface area contributed by atoms with Gasteiger partial charge in [0.05, 0.1) is 5.56 Å². The van der Waals surface area contributed by atoms with Gasteiger partial charge in [-0.05, 0) is 33.2 Å². The van der Waals surface area contributed by atoms with E-state index >= 15 is 0 Å². The van der Waals surface area contributed by atoms with Crippen molar-refractivity contribution in [2.24, 2.45) is 0 Å². The molecular formula is C12H17FN2O. The number of carbonyl (C=O) groups is 1. The molecular weight excluding hydrogens is 207 g/mol. The lowest BCUT2D eigenvalue weighted by Crippen LogP contribution is -2.38. The maximum atomic E-state index is 13.3. The monoisotopic (exact) mass is 224 g/mol. The van der Waals surface area contributed by atoms with Crippen molar-refractivity contribution in [3.63, 3.8) is 0 Å². The van der Waals surface area contributed by atoms with Crippen LogP contribution in [-0.4, -0.2) is 37.5 Å². The Balaban J connectivity index is 2.57. The van der Waals surface area contributed by atoms with Crippen molar-refractivity contribution in [2.75, 3.05) is 20.6 Å². The quantitative estimate of drug-likeness (QED) is 0.840. The molecule has 1 atom stereocenters. The van der Waals surface area contributed by atoms with Gasteiger partial charge < -0.3 is 10.2 Å². The van der Waals surface area contributed by atoms with Crippen LogP contribution in [-0.2, 0) is 0 Å². The molecule has 0 aliphatic heterocycles. The first-order valence-electron chi connectivity index (χ1n) is 5.21. The first kappa shape index (κ1) is 12.6. The van der Waals surface area contributed by atoms with Crippen molar-refractivity contribution in [2.45, 2.75) is 13.0 Å². The first-order valence-corrected chi connectivity index (χ1v) is 5.21. The smallest absolute Gasteiger partial charge is 0.254 e. The zero-order valence-corrected chi connectivity index (χ0v) is 9.83. The predicted octanol–water partition coefficient (Wildman–Crippen LogP) is 1.51. The molecule has 1 unspecified atom stereocenters. The van der Waals surface area contributed by atoms with Crippen molar-refractivity contribution < 1.29 is 9.18 Å². The van der Waals surface area contributed by atoms with Gasteiger partial charge in [0.15, 0.2) is 0 Å². The SMILES string of the molecule is CC(CNC(=O)c1ccccc1F)N(C)C. The number of halogens is 1. The Morgan fingerprint density at radius 2 is 2.06 bits per heavy atom. The van der Waals surface area contributed by atoms with Crippen molar-refractivity contribution in [1.82, 2.24) is 10.2 Å². The van der Waals surface area contributed by atoms with Crippen LogP contribution in [0.1, 0.15) is 17.3 Å². The van der Waals surface area contributed by atoms with Gasteiger partial charge in [0, 0.05) is 12.6 Å². The summed E-state index contributed by atoms with van der Waals surface area (Å²) in [5.74, 6) is -0.857. The summed E-state index contributed by atoms with van der Waals surface area (Å²) in [6.07, 6.45) is 0. The molecule has 0 spiro atoms. The van der Waals surface area contributed by atoms with Crippen LogP contribution in [0.15, 0.2) is 24.3 Å². The summed E-state index contributed by atoms with van der Waals surface area (Å²) < 4.78 is 13.3. The number of likely N-dealkylation sites (N-methyl/N-ethyl adjacent to an activating group) is 1. The van der Waals surface area contributed by atoms with Crippen LogP contribution in [0.25, 0.3) is 0 Å². The Morgan fingerprint density at radius 1 is 1.44 bits per heavy atom. The molecule has 1 amide bonds. The fourth-order valence-corrected chi connectivity index (χ4v) is 1.16. The molecule has 88 valence electrons. The van der Waals surface area contributed by atoms with E-state index in [-0.39, 0.29) is 17.5 Å². The molecule has 1 aromatic rings. The van der Waals surface area contributed by atoms with E-state index in [0.29, 0.717) is 6.54 Å². The van der Waals surface area contributed by atoms with Gasteiger partial charge in [0.1, 0.15) is 5.82 Å². The minimum Gasteiger partial charge on any atom is -0.350 e. The third-order valence-corrected chi connectivity index (χ3v) is 2.56. The molecule has 3 nitrogen and oxygen atoms in total. The second-order valence-electron chi connectivity index (χ2n) is 4.00. The molecule has 0 heterocycles. The van der Waals surface area contributed by atoms with E-state index in [1.165, 1.54) is 12.1 Å². The van der Waals surface area contributed by atoms with Crippen LogP contribution in [0.5, 0.6) is 0 Å². The number of nitrogens with zero attached hydrogens (tertiary/aromatic N) is 1. The number of carbonyl (C=O) groups excluding carboxylic acids is 1. The lowest BCUT2D eigenvalue weighted by molar-refractivity contribution is 0.0939. The summed E-state index contributed by atoms with van der Waals surface area (Å²) in [5.41, 5.74) is 0.0912. The van der Waals surface area contributed by atoms with Gasteiger partial charge in [0.2, 0.25) is 0 Å². The predicted molar refractivity (Wildman–Crippen MR) is 61.9 cm³/mol. The van der Waals surface area contributed by atoms with Crippen LogP contribution >= 0.6 is 0 Å². The Kier molecular flexibility index (Phi) is 4.43. The number of rotatable bonds is 4. The van der Waals surface area contributed by atoms with Crippen molar-refractivity contribution >= 4 is 5.91 Å². The minimum atomic E-state index is -0.488. The molecule has 0 aliphatic rings. The lowest BCUT2D eigenvalue weighted by atomic mass is 10.2. The van der Waals surface area contributed by atoms with E-state index in [1.807, 2.05) is 25.9 Å². The van der Waals surface area contributed by atoms with Crippen LogP contribution in [0, 0.1) is 5.82 Å². The Labute approximate surface area is 95.3 Å². The lowest BCUT2D eigenvalue weighted by Gasteiger charge is -2.19. The highest BCUT2D eigenvalue weighted by atomic mass is 19.1. The molecule has 0 aliphatic carbocycles. The third-order valence-electron chi connectivity index (χ3n) is 2.56. The number of benzene rings is 1. The highest BCUT2D eigenvalue weighted by molar-refractivity contribution is 5.94. The average Bonchev–Trinajstić information content (AvgIpc) is 2.25. The molecule has 1 aromatic carbocycles. The summed E-state index contributed by atoms with van der Waals surface area (Å²) in [6.45, 7) is 2.49.